The summed E-state index contributed by atoms with van der Waals surface area (Å²) in [6, 6.07) is 45.5. The van der Waals surface area contributed by atoms with Crippen LogP contribution in [0.2, 0.25) is 0 Å². The standard InChI is InChI=1S/C44H43N5O5/c50-42(46-27-40(36-17-9-3-10-18-36)37-19-11-4-12-20-37)29-49(28-33-21-23-39(24-22-33)53-30-34-13-5-1-6-14-34)43(51)41(25-38-26-45-32-47-38)48-44(52)54-31-35-15-7-2-8-16-35/h1-24,26,32,40-41H,25,27-31H2,(H,45,47)(H,46,50)(H,48,52)/t41-/m0/s1. The Labute approximate surface area is 315 Å². The monoisotopic (exact) mass is 721 g/mol. The minimum atomic E-state index is -1.06. The number of H-pyrrole nitrogens is 1. The zero-order valence-corrected chi connectivity index (χ0v) is 29.8. The van der Waals surface area contributed by atoms with Gasteiger partial charge >= 0.3 is 6.09 Å². The second kappa shape index (κ2) is 19.2. The summed E-state index contributed by atoms with van der Waals surface area (Å²) in [4.78, 5) is 49.8. The second-order valence-corrected chi connectivity index (χ2v) is 12.8. The number of amides is 3. The molecule has 6 rings (SSSR count). The van der Waals surface area contributed by atoms with E-state index in [0.29, 0.717) is 24.6 Å². The number of nitrogens with one attached hydrogen (secondary N) is 3. The predicted octanol–water partition coefficient (Wildman–Crippen LogP) is 6.80. The normalized spacial score (nSPS) is 11.4. The third-order valence-corrected chi connectivity index (χ3v) is 8.88. The van der Waals surface area contributed by atoms with E-state index < -0.39 is 18.0 Å². The first-order chi connectivity index (χ1) is 26.5. The average molecular weight is 722 g/mol. The van der Waals surface area contributed by atoms with E-state index in [1.165, 1.54) is 11.2 Å². The zero-order valence-electron chi connectivity index (χ0n) is 29.8. The number of hydrogen-bond acceptors (Lipinski definition) is 6. The van der Waals surface area contributed by atoms with Crippen LogP contribution >= 0.6 is 0 Å². The van der Waals surface area contributed by atoms with Crippen molar-refractivity contribution < 1.29 is 23.9 Å². The van der Waals surface area contributed by atoms with Gasteiger partial charge in [-0.3, -0.25) is 9.59 Å². The van der Waals surface area contributed by atoms with Gasteiger partial charge in [0.1, 0.15) is 25.0 Å². The van der Waals surface area contributed by atoms with E-state index in [9.17, 15) is 14.4 Å². The summed E-state index contributed by atoms with van der Waals surface area (Å²) < 4.78 is 11.5. The number of aromatic nitrogens is 2. The van der Waals surface area contributed by atoms with Gasteiger partial charge in [-0.2, -0.15) is 0 Å². The molecule has 0 aliphatic heterocycles. The Morgan fingerprint density at radius 3 is 1.83 bits per heavy atom. The first-order valence-corrected chi connectivity index (χ1v) is 17.9. The molecule has 0 fully saturated rings. The average Bonchev–Trinajstić information content (AvgIpc) is 3.74. The Hall–Kier alpha value is -6.68. The van der Waals surface area contributed by atoms with Gasteiger partial charge in [0.05, 0.1) is 12.9 Å². The summed E-state index contributed by atoms with van der Waals surface area (Å²) in [7, 11) is 0. The lowest BCUT2D eigenvalue weighted by Crippen LogP contribution is -2.52. The molecule has 10 nitrogen and oxygen atoms in total. The molecule has 1 heterocycles. The second-order valence-electron chi connectivity index (χ2n) is 12.8. The van der Waals surface area contributed by atoms with Gasteiger partial charge in [0.2, 0.25) is 11.8 Å². The van der Waals surface area contributed by atoms with E-state index in [0.717, 1.165) is 27.8 Å². The van der Waals surface area contributed by atoms with Crippen molar-refractivity contribution in [3.8, 4) is 5.75 Å². The van der Waals surface area contributed by atoms with Crippen molar-refractivity contribution in [1.29, 1.82) is 0 Å². The summed E-state index contributed by atoms with van der Waals surface area (Å²) in [5.74, 6) is -0.220. The lowest BCUT2D eigenvalue weighted by Gasteiger charge is -2.28. The molecule has 274 valence electrons. The highest BCUT2D eigenvalue weighted by Crippen LogP contribution is 2.24. The smallest absolute Gasteiger partial charge is 0.408 e. The van der Waals surface area contributed by atoms with Crippen LogP contribution in [-0.2, 0) is 40.5 Å². The number of nitrogens with zero attached hydrogens (tertiary/aromatic N) is 2. The van der Waals surface area contributed by atoms with Crippen molar-refractivity contribution in [2.24, 2.45) is 0 Å². The van der Waals surface area contributed by atoms with Crippen molar-refractivity contribution in [2.75, 3.05) is 13.1 Å². The number of alkyl carbamates (subject to hydrolysis) is 1. The molecule has 3 N–H and O–H groups in total. The van der Waals surface area contributed by atoms with Gasteiger partial charge in [-0.1, -0.05) is 133 Å². The van der Waals surface area contributed by atoms with Crippen LogP contribution in [0.1, 0.15) is 39.4 Å². The third kappa shape index (κ3) is 11.2. The van der Waals surface area contributed by atoms with Crippen molar-refractivity contribution in [3.05, 3.63) is 192 Å². The van der Waals surface area contributed by atoms with E-state index in [4.69, 9.17) is 9.47 Å². The first kappa shape index (κ1) is 37.1. The topological polar surface area (TPSA) is 126 Å². The molecule has 5 aromatic carbocycles. The zero-order chi connectivity index (χ0) is 37.4. The lowest BCUT2D eigenvalue weighted by atomic mass is 9.91. The van der Waals surface area contributed by atoms with Gasteiger partial charge in [0, 0.05) is 37.3 Å². The number of imidazole rings is 1. The number of carbonyl (C=O) groups is 3. The highest BCUT2D eigenvalue weighted by molar-refractivity contribution is 5.89. The molecule has 1 atom stereocenters. The van der Waals surface area contributed by atoms with E-state index in [1.54, 1.807) is 6.20 Å². The number of carbonyl (C=O) groups excluding carboxylic acids is 3. The molecule has 0 aliphatic carbocycles. The van der Waals surface area contributed by atoms with Crippen molar-refractivity contribution >= 4 is 17.9 Å². The van der Waals surface area contributed by atoms with Gasteiger partial charge in [0.15, 0.2) is 0 Å². The number of benzene rings is 5. The Balaban J connectivity index is 1.19. The van der Waals surface area contributed by atoms with E-state index >= 15 is 0 Å². The summed E-state index contributed by atoms with van der Waals surface area (Å²) in [6.07, 6.45) is 2.45. The SMILES string of the molecule is O=C(CN(Cc1ccc(OCc2ccccc2)cc1)C(=O)[C@H](Cc1cnc[nH]1)NC(=O)OCc1ccccc1)NCC(c1ccccc1)c1ccccc1. The van der Waals surface area contributed by atoms with Gasteiger partial charge in [-0.05, 0) is 39.9 Å². The lowest BCUT2D eigenvalue weighted by molar-refractivity contribution is -0.138. The fourth-order valence-electron chi connectivity index (χ4n) is 6.05. The number of hydrogen-bond donors (Lipinski definition) is 3. The molecule has 0 spiro atoms. The largest absolute Gasteiger partial charge is 0.489 e. The first-order valence-electron chi connectivity index (χ1n) is 17.9. The minimum Gasteiger partial charge on any atom is -0.489 e. The fourth-order valence-corrected chi connectivity index (χ4v) is 6.05. The molecule has 0 saturated carbocycles. The molecule has 1 aromatic heterocycles. The maximum Gasteiger partial charge on any atom is 0.408 e. The molecule has 0 saturated heterocycles. The van der Waals surface area contributed by atoms with Crippen LogP contribution in [0, 0.1) is 0 Å². The molecule has 6 aromatic rings. The maximum absolute atomic E-state index is 14.4. The number of ether oxygens (including phenoxy) is 2. The molecular weight excluding hydrogens is 679 g/mol. The summed E-state index contributed by atoms with van der Waals surface area (Å²) >= 11 is 0. The van der Waals surface area contributed by atoms with Gasteiger partial charge < -0.3 is 30.0 Å². The molecular formula is C44H43N5O5. The van der Waals surface area contributed by atoms with Crippen LogP contribution in [0.5, 0.6) is 5.75 Å². The number of aromatic amines is 1. The van der Waals surface area contributed by atoms with Crippen LogP contribution in [0.15, 0.2) is 158 Å². The highest BCUT2D eigenvalue weighted by atomic mass is 16.5. The fraction of sp³-hybridized carbons (Fsp3) is 0.182. The highest BCUT2D eigenvalue weighted by Gasteiger charge is 2.29. The van der Waals surface area contributed by atoms with Crippen LogP contribution in [-0.4, -0.2) is 51.9 Å². The van der Waals surface area contributed by atoms with Gasteiger partial charge in [-0.25, -0.2) is 9.78 Å². The van der Waals surface area contributed by atoms with Crippen LogP contribution in [0.4, 0.5) is 4.79 Å². The Bertz CT molecular complexity index is 1990. The summed E-state index contributed by atoms with van der Waals surface area (Å²) in [5, 5.41) is 5.82. The summed E-state index contributed by atoms with van der Waals surface area (Å²) in [6.45, 7) is 0.628. The van der Waals surface area contributed by atoms with Gasteiger partial charge in [0.25, 0.3) is 0 Å². The molecule has 54 heavy (non-hydrogen) atoms. The number of rotatable bonds is 17. The van der Waals surface area contributed by atoms with Gasteiger partial charge in [-0.15, -0.1) is 0 Å². The van der Waals surface area contributed by atoms with Crippen molar-refractivity contribution in [2.45, 2.75) is 38.1 Å². The quantitative estimate of drug-likeness (QED) is 0.0952. The predicted molar refractivity (Wildman–Crippen MR) is 206 cm³/mol. The minimum absolute atomic E-state index is 0.0342. The Morgan fingerprint density at radius 2 is 1.26 bits per heavy atom. The molecule has 0 bridgehead atoms. The Morgan fingerprint density at radius 1 is 0.685 bits per heavy atom. The van der Waals surface area contributed by atoms with Crippen LogP contribution in [0.3, 0.4) is 0 Å². The third-order valence-electron chi connectivity index (χ3n) is 8.88. The van der Waals surface area contributed by atoms with Crippen LogP contribution in [0.25, 0.3) is 0 Å². The molecule has 3 amide bonds. The van der Waals surface area contributed by atoms with Crippen molar-refractivity contribution in [1.82, 2.24) is 25.5 Å². The molecule has 0 radical (unpaired) electrons. The Kier molecular flexibility index (Phi) is 13.2. The van der Waals surface area contributed by atoms with Crippen LogP contribution < -0.4 is 15.4 Å². The van der Waals surface area contributed by atoms with E-state index in [-0.39, 0.29) is 37.9 Å². The molecule has 10 heteroatoms. The summed E-state index contributed by atoms with van der Waals surface area (Å²) in [5.41, 5.74) is 5.39. The molecule has 0 unspecified atom stereocenters. The molecule has 0 aliphatic rings. The van der Waals surface area contributed by atoms with E-state index in [2.05, 4.69) is 20.6 Å². The maximum atomic E-state index is 14.4. The van der Waals surface area contributed by atoms with E-state index in [1.807, 2.05) is 146 Å². The van der Waals surface area contributed by atoms with Crippen molar-refractivity contribution in [3.63, 3.8) is 0 Å².